The van der Waals surface area contributed by atoms with Crippen LogP contribution in [-0.2, 0) is 4.79 Å². The Bertz CT molecular complexity index is 1100. The van der Waals surface area contributed by atoms with Crippen LogP contribution in [0.2, 0.25) is 0 Å². The van der Waals surface area contributed by atoms with Crippen molar-refractivity contribution in [1.82, 2.24) is 0 Å². The molecular weight excluding hydrogens is 482 g/mol. The number of benzene rings is 2. The molecule has 2 aromatic rings. The van der Waals surface area contributed by atoms with Gasteiger partial charge in [0.15, 0.2) is 0 Å². The molecular formula is C22H18N2O2Se2. The van der Waals surface area contributed by atoms with Crippen molar-refractivity contribution in [3.63, 3.8) is 0 Å². The Kier molecular flexibility index (Phi) is 4.26. The molecule has 0 radical (unpaired) electrons. The van der Waals surface area contributed by atoms with Gasteiger partial charge in [0.25, 0.3) is 0 Å². The molecule has 2 aromatic carbocycles. The van der Waals surface area contributed by atoms with Gasteiger partial charge in [-0.2, -0.15) is 0 Å². The maximum atomic E-state index is 12.8. The van der Waals surface area contributed by atoms with Gasteiger partial charge in [-0.25, -0.2) is 0 Å². The minimum absolute atomic E-state index is 0.0506. The van der Waals surface area contributed by atoms with Crippen molar-refractivity contribution in [2.75, 3.05) is 23.9 Å². The zero-order valence-electron chi connectivity index (χ0n) is 15.4. The summed E-state index contributed by atoms with van der Waals surface area (Å²) in [5.41, 5.74) is 3.30. The second kappa shape index (κ2) is 6.68. The van der Waals surface area contributed by atoms with E-state index in [9.17, 15) is 9.90 Å². The first-order chi connectivity index (χ1) is 13.5. The number of Topliss-reactive ketones (excluding diaryl/α,β-unsaturated/α-hetero) is 1. The SMILES string of the molecule is CN1/C(=C/C2=C(O)C(=CC3[Se]c4ccccc4N3C)C2=O)[Se]c2ccccc21. The van der Waals surface area contributed by atoms with Gasteiger partial charge in [0, 0.05) is 0 Å². The molecule has 0 saturated heterocycles. The minimum atomic E-state index is -0.0506. The number of likely N-dealkylation sites (N-methyl/N-ethyl adjacent to an activating group) is 1. The molecule has 0 spiro atoms. The first-order valence-electron chi connectivity index (χ1n) is 8.95. The van der Waals surface area contributed by atoms with E-state index in [2.05, 4.69) is 47.2 Å². The standard InChI is InChI=1S/C22H18N2O2Se2/c1-23-15-7-3-5-9-17(15)27-19(23)11-13-21(25)14(22(13)26)12-20-24(2)16-8-4-6-10-18(16)28-20/h3-12,19,25H,1-2H3/b13-11?,20-12-. The molecule has 0 amide bonds. The summed E-state index contributed by atoms with van der Waals surface area (Å²) in [4.78, 5) is 17.2. The predicted octanol–water partition coefficient (Wildman–Crippen LogP) is 1.43. The number of hydrogen-bond donors (Lipinski definition) is 1. The molecule has 1 aliphatic carbocycles. The Morgan fingerprint density at radius 2 is 1.68 bits per heavy atom. The zero-order chi connectivity index (χ0) is 19.4. The number of allylic oxidation sites excluding steroid dienone is 3. The molecule has 3 aliphatic rings. The number of nitrogens with zero attached hydrogens (tertiary/aromatic N) is 2. The fourth-order valence-electron chi connectivity index (χ4n) is 3.58. The Hall–Kier alpha value is -2.23. The summed E-state index contributed by atoms with van der Waals surface area (Å²) in [6.07, 6.45) is 3.81. The normalized spacial score (nSPS) is 23.5. The molecule has 2 heterocycles. The Labute approximate surface area is 176 Å². The van der Waals surface area contributed by atoms with E-state index in [1.807, 2.05) is 37.4 Å². The fraction of sp³-hybridized carbons (Fsp3) is 0.136. The number of fused-ring (bicyclic) bond motifs is 2. The van der Waals surface area contributed by atoms with Crippen LogP contribution >= 0.6 is 0 Å². The van der Waals surface area contributed by atoms with Gasteiger partial charge in [0.2, 0.25) is 0 Å². The van der Waals surface area contributed by atoms with Gasteiger partial charge in [-0.1, -0.05) is 0 Å². The second-order valence-electron chi connectivity index (χ2n) is 6.87. The topological polar surface area (TPSA) is 43.8 Å². The number of rotatable bonds is 2. The predicted molar refractivity (Wildman–Crippen MR) is 115 cm³/mol. The van der Waals surface area contributed by atoms with E-state index in [0.717, 1.165) is 4.60 Å². The van der Waals surface area contributed by atoms with Crippen molar-refractivity contribution in [2.45, 2.75) is 4.94 Å². The number of carbonyl (C=O) groups is 1. The van der Waals surface area contributed by atoms with E-state index in [0.29, 0.717) is 11.1 Å². The first kappa shape index (κ1) is 17.8. The van der Waals surface area contributed by atoms with Gasteiger partial charge in [0.05, 0.1) is 0 Å². The van der Waals surface area contributed by atoms with Crippen LogP contribution in [0.1, 0.15) is 0 Å². The summed E-state index contributed by atoms with van der Waals surface area (Å²) in [6.45, 7) is 0. The van der Waals surface area contributed by atoms with E-state index < -0.39 is 0 Å². The van der Waals surface area contributed by atoms with Gasteiger partial charge in [-0.15, -0.1) is 0 Å². The third kappa shape index (κ3) is 2.68. The van der Waals surface area contributed by atoms with Crippen molar-refractivity contribution in [3.8, 4) is 0 Å². The summed E-state index contributed by atoms with van der Waals surface area (Å²) in [5.74, 6) is 0.0862. The van der Waals surface area contributed by atoms with Crippen molar-refractivity contribution < 1.29 is 9.90 Å². The molecule has 0 bridgehead atoms. The molecule has 6 heteroatoms. The molecule has 0 fully saturated rings. The van der Waals surface area contributed by atoms with E-state index in [1.54, 1.807) is 0 Å². The second-order valence-corrected chi connectivity index (χ2v) is 11.5. The average Bonchev–Trinajstić information content (AvgIpc) is 3.21. The number of aliphatic hydroxyl groups excluding tert-OH is 1. The number of ketones is 1. The third-order valence-electron chi connectivity index (χ3n) is 5.22. The van der Waals surface area contributed by atoms with Gasteiger partial charge in [-0.3, -0.25) is 0 Å². The number of para-hydroxylation sites is 2. The molecule has 0 saturated carbocycles. The quantitative estimate of drug-likeness (QED) is 0.501. The van der Waals surface area contributed by atoms with Crippen LogP contribution in [0.25, 0.3) is 0 Å². The fourth-order valence-corrected chi connectivity index (χ4v) is 8.45. The van der Waals surface area contributed by atoms with Crippen LogP contribution < -0.4 is 18.7 Å². The number of carbonyl (C=O) groups excluding carboxylic acids is 1. The molecule has 2 aliphatic heterocycles. The summed E-state index contributed by atoms with van der Waals surface area (Å²) < 4.78 is 3.74. The first-order valence-corrected chi connectivity index (χ1v) is 12.5. The van der Waals surface area contributed by atoms with Crippen molar-refractivity contribution >= 4 is 56.0 Å². The maximum absolute atomic E-state index is 12.8. The molecule has 1 unspecified atom stereocenters. The number of aliphatic hydroxyl groups is 1. The zero-order valence-corrected chi connectivity index (χ0v) is 18.8. The van der Waals surface area contributed by atoms with E-state index >= 15 is 0 Å². The molecule has 5 rings (SSSR count). The van der Waals surface area contributed by atoms with Crippen molar-refractivity contribution in [3.05, 3.63) is 82.2 Å². The Morgan fingerprint density at radius 3 is 2.36 bits per heavy atom. The van der Waals surface area contributed by atoms with E-state index in [-0.39, 0.29) is 46.4 Å². The summed E-state index contributed by atoms with van der Waals surface area (Å²) in [5, 5.41) is 10.6. The van der Waals surface area contributed by atoms with Crippen LogP contribution in [0.3, 0.4) is 0 Å². The summed E-state index contributed by atoms with van der Waals surface area (Å²) in [6, 6.07) is 16.6. The molecule has 28 heavy (non-hydrogen) atoms. The summed E-state index contributed by atoms with van der Waals surface area (Å²) in [7, 11) is 4.07. The Balaban J connectivity index is 1.41. The Morgan fingerprint density at radius 1 is 1.00 bits per heavy atom. The molecule has 0 aromatic heterocycles. The van der Waals surface area contributed by atoms with Crippen LogP contribution in [0.15, 0.2) is 82.2 Å². The van der Waals surface area contributed by atoms with Crippen molar-refractivity contribution in [1.29, 1.82) is 0 Å². The third-order valence-corrected chi connectivity index (χ3v) is 10.4. The number of anilines is 2. The van der Waals surface area contributed by atoms with Crippen LogP contribution in [0.5, 0.6) is 0 Å². The average molecular weight is 500 g/mol. The van der Waals surface area contributed by atoms with Crippen LogP contribution in [0, 0.1) is 0 Å². The molecule has 140 valence electrons. The molecule has 1 N–H and O–H groups in total. The molecule has 4 nitrogen and oxygen atoms in total. The van der Waals surface area contributed by atoms with Gasteiger partial charge in [0.1, 0.15) is 0 Å². The van der Waals surface area contributed by atoms with Crippen LogP contribution in [0.4, 0.5) is 11.4 Å². The van der Waals surface area contributed by atoms with Gasteiger partial charge >= 0.3 is 177 Å². The van der Waals surface area contributed by atoms with Crippen LogP contribution in [-0.4, -0.2) is 59.8 Å². The van der Waals surface area contributed by atoms with Crippen molar-refractivity contribution in [2.24, 2.45) is 0 Å². The monoisotopic (exact) mass is 502 g/mol. The summed E-state index contributed by atoms with van der Waals surface area (Å²) >= 11 is 0.373. The van der Waals surface area contributed by atoms with Gasteiger partial charge in [-0.05, 0) is 0 Å². The van der Waals surface area contributed by atoms with E-state index in [1.165, 1.54) is 20.3 Å². The van der Waals surface area contributed by atoms with E-state index in [4.69, 9.17) is 0 Å². The van der Waals surface area contributed by atoms with Gasteiger partial charge < -0.3 is 0 Å². The number of hydrogen-bond acceptors (Lipinski definition) is 4. The molecule has 1 atom stereocenters.